The second-order valence-electron chi connectivity index (χ2n) is 7.06. The van der Waals surface area contributed by atoms with Crippen molar-refractivity contribution in [3.05, 3.63) is 71.8 Å². The van der Waals surface area contributed by atoms with Crippen LogP contribution in [0.3, 0.4) is 0 Å². The van der Waals surface area contributed by atoms with E-state index in [4.69, 9.17) is 16.6 Å². The highest BCUT2D eigenvalue weighted by Gasteiger charge is 2.20. The minimum Gasteiger partial charge on any atom is -0.337 e. The maximum atomic E-state index is 13.3. The van der Waals surface area contributed by atoms with Gasteiger partial charge in [-0.15, -0.1) is 11.8 Å². The number of thioether (sulfide) groups is 1. The number of nitrogens with zero attached hydrogens (tertiary/aromatic N) is 4. The van der Waals surface area contributed by atoms with E-state index >= 15 is 0 Å². The first kappa shape index (κ1) is 21.9. The van der Waals surface area contributed by atoms with Crippen LogP contribution in [0.25, 0.3) is 10.2 Å². The third-order valence-corrected chi connectivity index (χ3v) is 6.99. The monoisotopic (exact) mass is 470 g/mol. The molecule has 0 N–H and O–H groups in total. The zero-order valence-electron chi connectivity index (χ0n) is 17.2. The Morgan fingerprint density at radius 2 is 2.06 bits per heavy atom. The van der Waals surface area contributed by atoms with E-state index in [-0.39, 0.29) is 5.91 Å². The van der Waals surface area contributed by atoms with Gasteiger partial charge in [-0.05, 0) is 48.1 Å². The van der Waals surface area contributed by atoms with E-state index in [1.165, 1.54) is 16.2 Å². The Bertz CT molecular complexity index is 1140. The van der Waals surface area contributed by atoms with Gasteiger partial charge in [-0.1, -0.05) is 42.0 Å². The molecule has 0 bridgehead atoms. The highest BCUT2D eigenvalue weighted by molar-refractivity contribution is 7.99. The third-order valence-electron chi connectivity index (χ3n) is 4.82. The van der Waals surface area contributed by atoms with Gasteiger partial charge in [0, 0.05) is 35.4 Å². The van der Waals surface area contributed by atoms with Crippen LogP contribution in [0.2, 0.25) is 5.02 Å². The van der Waals surface area contributed by atoms with E-state index < -0.39 is 0 Å². The summed E-state index contributed by atoms with van der Waals surface area (Å²) in [6.45, 7) is 3.52. The molecule has 0 saturated heterocycles. The molecule has 0 unspecified atom stereocenters. The van der Waals surface area contributed by atoms with Gasteiger partial charge in [-0.3, -0.25) is 9.69 Å². The predicted octanol–water partition coefficient (Wildman–Crippen LogP) is 5.92. The van der Waals surface area contributed by atoms with Crippen molar-refractivity contribution in [1.82, 2.24) is 14.5 Å². The average Bonchev–Trinajstić information content (AvgIpc) is 3.42. The first-order chi connectivity index (χ1) is 15.1. The fourth-order valence-electron chi connectivity index (χ4n) is 3.30. The van der Waals surface area contributed by atoms with Crippen molar-refractivity contribution < 1.29 is 4.79 Å². The first-order valence-corrected chi connectivity index (χ1v) is 12.3. The molecular formula is C23H23ClN4OS2. The standard InChI is InChI=1S/C23H23ClN4OS2/c1-2-30-19-7-4-17(5-8-19)14-22(29)28(12-3-11-27-13-10-25-16-27)23-26-20-9-6-18(24)15-21(20)31-23/h4-10,13,15-16H,2-3,11-12,14H2,1H3. The Labute approximate surface area is 195 Å². The molecular weight excluding hydrogens is 448 g/mol. The Morgan fingerprint density at radius 1 is 1.23 bits per heavy atom. The Morgan fingerprint density at radius 3 is 2.81 bits per heavy atom. The van der Waals surface area contributed by atoms with Crippen LogP contribution in [0.1, 0.15) is 18.9 Å². The third kappa shape index (κ3) is 5.67. The molecule has 8 heteroatoms. The summed E-state index contributed by atoms with van der Waals surface area (Å²) in [6.07, 6.45) is 6.65. The van der Waals surface area contributed by atoms with Crippen molar-refractivity contribution in [3.8, 4) is 0 Å². The number of hydrogen-bond acceptors (Lipinski definition) is 5. The summed E-state index contributed by atoms with van der Waals surface area (Å²) in [7, 11) is 0. The topological polar surface area (TPSA) is 51.0 Å². The number of thiazole rings is 1. The van der Waals surface area contributed by atoms with E-state index in [0.717, 1.165) is 34.5 Å². The number of hydrogen-bond donors (Lipinski definition) is 0. The molecule has 0 spiro atoms. The SMILES string of the molecule is CCSc1ccc(CC(=O)N(CCCn2ccnc2)c2nc3ccc(Cl)cc3s2)cc1. The molecule has 0 aliphatic carbocycles. The lowest BCUT2D eigenvalue weighted by atomic mass is 10.1. The van der Waals surface area contributed by atoms with Crippen LogP contribution < -0.4 is 4.90 Å². The van der Waals surface area contributed by atoms with Gasteiger partial charge in [0.05, 0.1) is 23.0 Å². The first-order valence-electron chi connectivity index (χ1n) is 10.2. The molecule has 1 amide bonds. The molecule has 0 atom stereocenters. The summed E-state index contributed by atoms with van der Waals surface area (Å²) in [6, 6.07) is 13.9. The van der Waals surface area contributed by atoms with Crippen molar-refractivity contribution in [1.29, 1.82) is 0 Å². The molecule has 2 aromatic carbocycles. The van der Waals surface area contributed by atoms with Crippen LogP contribution in [-0.4, -0.2) is 32.7 Å². The lowest BCUT2D eigenvalue weighted by molar-refractivity contribution is -0.118. The van der Waals surface area contributed by atoms with Gasteiger partial charge in [0.2, 0.25) is 5.91 Å². The molecule has 0 aliphatic rings. The number of benzene rings is 2. The summed E-state index contributed by atoms with van der Waals surface area (Å²) >= 11 is 9.44. The van der Waals surface area contributed by atoms with Gasteiger partial charge < -0.3 is 4.57 Å². The number of halogens is 1. The molecule has 0 saturated carbocycles. The quantitative estimate of drug-likeness (QED) is 0.285. The van der Waals surface area contributed by atoms with E-state index in [2.05, 4.69) is 24.0 Å². The Balaban J connectivity index is 1.53. The fourth-order valence-corrected chi connectivity index (χ4v) is 5.25. The summed E-state index contributed by atoms with van der Waals surface area (Å²) in [4.78, 5) is 25.1. The Kier molecular flexibility index (Phi) is 7.27. The zero-order valence-corrected chi connectivity index (χ0v) is 19.6. The predicted molar refractivity (Wildman–Crippen MR) is 130 cm³/mol. The minimum absolute atomic E-state index is 0.0479. The molecule has 31 heavy (non-hydrogen) atoms. The maximum absolute atomic E-state index is 13.3. The van der Waals surface area contributed by atoms with E-state index in [9.17, 15) is 4.79 Å². The molecule has 4 rings (SSSR count). The van der Waals surface area contributed by atoms with Crippen LogP contribution in [0.5, 0.6) is 0 Å². The van der Waals surface area contributed by atoms with Gasteiger partial charge in [0.1, 0.15) is 0 Å². The molecule has 0 fully saturated rings. The van der Waals surface area contributed by atoms with Gasteiger partial charge in [-0.25, -0.2) is 9.97 Å². The summed E-state index contributed by atoms with van der Waals surface area (Å²) < 4.78 is 3.00. The van der Waals surface area contributed by atoms with Gasteiger partial charge in [0.25, 0.3) is 0 Å². The molecule has 4 aromatic rings. The number of rotatable bonds is 9. The maximum Gasteiger partial charge on any atom is 0.233 e. The molecule has 2 aromatic heterocycles. The number of amides is 1. The zero-order chi connectivity index (χ0) is 21.6. The molecule has 0 aliphatic heterocycles. The second kappa shape index (κ2) is 10.3. The molecule has 2 heterocycles. The average molecular weight is 471 g/mol. The van der Waals surface area contributed by atoms with Crippen LogP contribution in [0.15, 0.2) is 66.1 Å². The van der Waals surface area contributed by atoms with Crippen molar-refractivity contribution in [2.75, 3.05) is 17.2 Å². The number of aromatic nitrogens is 3. The van der Waals surface area contributed by atoms with Crippen LogP contribution in [-0.2, 0) is 17.8 Å². The summed E-state index contributed by atoms with van der Waals surface area (Å²) in [5.41, 5.74) is 1.87. The van der Waals surface area contributed by atoms with Gasteiger partial charge in [0.15, 0.2) is 5.13 Å². The van der Waals surface area contributed by atoms with Crippen molar-refractivity contribution in [3.63, 3.8) is 0 Å². The fraction of sp³-hybridized carbons (Fsp3) is 0.261. The number of fused-ring (bicyclic) bond motifs is 1. The van der Waals surface area contributed by atoms with Crippen molar-refractivity contribution in [2.45, 2.75) is 31.2 Å². The van der Waals surface area contributed by atoms with Gasteiger partial charge in [-0.2, -0.15) is 0 Å². The van der Waals surface area contributed by atoms with Crippen LogP contribution >= 0.6 is 34.7 Å². The van der Waals surface area contributed by atoms with Gasteiger partial charge >= 0.3 is 0 Å². The lowest BCUT2D eigenvalue weighted by Gasteiger charge is -2.20. The molecule has 5 nitrogen and oxygen atoms in total. The number of aryl methyl sites for hydroxylation is 1. The number of anilines is 1. The summed E-state index contributed by atoms with van der Waals surface area (Å²) in [5, 5.41) is 1.39. The number of carbonyl (C=O) groups is 1. The van der Waals surface area contributed by atoms with E-state index in [0.29, 0.717) is 23.1 Å². The van der Waals surface area contributed by atoms with Crippen molar-refractivity contribution in [2.24, 2.45) is 0 Å². The minimum atomic E-state index is 0.0479. The summed E-state index contributed by atoms with van der Waals surface area (Å²) in [5.74, 6) is 1.08. The highest BCUT2D eigenvalue weighted by atomic mass is 35.5. The van der Waals surface area contributed by atoms with E-state index in [1.807, 2.05) is 46.0 Å². The molecule has 160 valence electrons. The lowest BCUT2D eigenvalue weighted by Crippen LogP contribution is -2.33. The number of imidazole rings is 1. The smallest absolute Gasteiger partial charge is 0.233 e. The Hall–Kier alpha value is -2.35. The molecule has 0 radical (unpaired) electrons. The highest BCUT2D eigenvalue weighted by Crippen LogP contribution is 2.31. The number of carbonyl (C=O) groups excluding carboxylic acids is 1. The van der Waals surface area contributed by atoms with Crippen molar-refractivity contribution >= 4 is 56.0 Å². The normalized spacial score (nSPS) is 11.2. The largest absolute Gasteiger partial charge is 0.337 e. The second-order valence-corrected chi connectivity index (χ2v) is 9.84. The van der Waals surface area contributed by atoms with Crippen LogP contribution in [0.4, 0.5) is 5.13 Å². The van der Waals surface area contributed by atoms with Crippen LogP contribution in [0, 0.1) is 0 Å². The van der Waals surface area contributed by atoms with E-state index in [1.54, 1.807) is 24.3 Å².